The van der Waals surface area contributed by atoms with Crippen LogP contribution in [0.3, 0.4) is 0 Å². The maximum absolute atomic E-state index is 13.2. The Balaban J connectivity index is 3.08. The molecule has 0 atom stereocenters. The van der Waals surface area contributed by atoms with Gasteiger partial charge in [0.2, 0.25) is 5.82 Å². The van der Waals surface area contributed by atoms with E-state index < -0.39 is 34.3 Å². The van der Waals surface area contributed by atoms with Gasteiger partial charge in [0.15, 0.2) is 17.4 Å². The van der Waals surface area contributed by atoms with E-state index in [9.17, 15) is 23.4 Å². The molecule has 0 unspecified atom stereocenters. The minimum atomic E-state index is -1.80. The minimum Gasteiger partial charge on any atom is -0.507 e. The van der Waals surface area contributed by atoms with Crippen LogP contribution in [0, 0.1) is 17.5 Å². The van der Waals surface area contributed by atoms with E-state index in [1.165, 1.54) is 12.1 Å². The van der Waals surface area contributed by atoms with Gasteiger partial charge in [-0.1, -0.05) is 12.1 Å². The van der Waals surface area contributed by atoms with Crippen LogP contribution in [-0.4, -0.2) is 10.2 Å². The van der Waals surface area contributed by atoms with Gasteiger partial charge in [-0.3, -0.25) is 0 Å². The quantitative estimate of drug-likeness (QED) is 0.662. The Labute approximate surface area is 82.2 Å². The maximum Gasteiger partial charge on any atom is 0.204 e. The van der Waals surface area contributed by atoms with Gasteiger partial charge in [-0.15, -0.1) is 0 Å². The zero-order valence-corrected chi connectivity index (χ0v) is 7.26. The molecule has 0 aliphatic rings. The lowest BCUT2D eigenvalue weighted by atomic mass is 10.1. The molecule has 0 saturated heterocycles. The Morgan fingerprint density at radius 3 is 2.20 bits per heavy atom. The predicted octanol–water partition coefficient (Wildman–Crippen LogP) is 2.67. The number of hydrogen-bond acceptors (Lipinski definition) is 2. The molecule has 2 aromatic rings. The molecule has 0 bridgehead atoms. The fraction of sp³-hybridized carbons (Fsp3) is 0. The average Bonchev–Trinajstić information content (AvgIpc) is 2.23. The second-order valence-electron chi connectivity index (χ2n) is 2.99. The van der Waals surface area contributed by atoms with Crippen molar-refractivity contribution >= 4 is 10.8 Å². The maximum atomic E-state index is 13.2. The van der Waals surface area contributed by atoms with Crippen molar-refractivity contribution in [2.45, 2.75) is 0 Å². The highest BCUT2D eigenvalue weighted by atomic mass is 19.2. The van der Waals surface area contributed by atoms with Crippen molar-refractivity contribution in [3.05, 3.63) is 35.7 Å². The van der Waals surface area contributed by atoms with Gasteiger partial charge in [0.1, 0.15) is 5.75 Å². The highest BCUT2D eigenvalue weighted by Gasteiger charge is 2.21. The third-order valence-corrected chi connectivity index (χ3v) is 2.11. The van der Waals surface area contributed by atoms with Gasteiger partial charge < -0.3 is 10.2 Å². The molecule has 2 N–H and O–H groups in total. The fourth-order valence-electron chi connectivity index (χ4n) is 1.40. The summed E-state index contributed by atoms with van der Waals surface area (Å²) in [5.74, 6) is -6.55. The van der Waals surface area contributed by atoms with Gasteiger partial charge in [0.25, 0.3) is 0 Å². The van der Waals surface area contributed by atoms with Gasteiger partial charge >= 0.3 is 0 Å². The average molecular weight is 214 g/mol. The van der Waals surface area contributed by atoms with Gasteiger partial charge in [0, 0.05) is 5.39 Å². The van der Waals surface area contributed by atoms with Crippen LogP contribution in [-0.2, 0) is 0 Å². The zero-order valence-electron chi connectivity index (χ0n) is 7.26. The molecule has 15 heavy (non-hydrogen) atoms. The lowest BCUT2D eigenvalue weighted by molar-refractivity contribution is 0.393. The van der Waals surface area contributed by atoms with Crippen molar-refractivity contribution in [1.82, 2.24) is 0 Å². The topological polar surface area (TPSA) is 40.5 Å². The summed E-state index contributed by atoms with van der Waals surface area (Å²) in [6, 6.07) is 3.58. The Bertz CT molecular complexity index is 552. The first-order valence-electron chi connectivity index (χ1n) is 4.01. The highest BCUT2D eigenvalue weighted by Crippen LogP contribution is 2.36. The Hall–Kier alpha value is -1.91. The molecule has 0 aliphatic heterocycles. The molecule has 5 heteroatoms. The van der Waals surface area contributed by atoms with Crippen molar-refractivity contribution in [3.63, 3.8) is 0 Å². The van der Waals surface area contributed by atoms with Crippen LogP contribution in [0.2, 0.25) is 0 Å². The Kier molecular flexibility index (Phi) is 1.96. The molecule has 0 fully saturated rings. The standard InChI is InChI=1S/C10H5F3O2/c11-7-6-4(2-1-3-5(6)14)10(15)9(13)8(7)12/h1-3,14-15H. The molecule has 2 aromatic carbocycles. The molecule has 0 aromatic heterocycles. The van der Waals surface area contributed by atoms with E-state index in [-0.39, 0.29) is 5.39 Å². The Morgan fingerprint density at radius 1 is 0.867 bits per heavy atom. The van der Waals surface area contributed by atoms with Crippen LogP contribution < -0.4 is 0 Å². The molecule has 2 rings (SSSR count). The first kappa shape index (κ1) is 9.64. The molecule has 0 radical (unpaired) electrons. The van der Waals surface area contributed by atoms with Gasteiger partial charge in [-0.2, -0.15) is 4.39 Å². The number of benzene rings is 2. The number of rotatable bonds is 0. The van der Waals surface area contributed by atoms with E-state index in [1.54, 1.807) is 0 Å². The first-order valence-corrected chi connectivity index (χ1v) is 4.01. The van der Waals surface area contributed by atoms with Gasteiger partial charge in [-0.25, -0.2) is 8.78 Å². The summed E-state index contributed by atoms with van der Waals surface area (Å²) in [5, 5.41) is 17.6. The summed E-state index contributed by atoms with van der Waals surface area (Å²) in [4.78, 5) is 0. The third kappa shape index (κ3) is 1.20. The summed E-state index contributed by atoms with van der Waals surface area (Å²) < 4.78 is 39.0. The number of fused-ring (bicyclic) bond motifs is 1. The smallest absolute Gasteiger partial charge is 0.204 e. The SMILES string of the molecule is Oc1c(F)c(F)c(F)c2c(O)cccc12. The second kappa shape index (κ2) is 3.05. The highest BCUT2D eigenvalue weighted by molar-refractivity contribution is 5.93. The molecule has 0 saturated carbocycles. The summed E-state index contributed by atoms with van der Waals surface area (Å²) in [7, 11) is 0. The zero-order chi connectivity index (χ0) is 11.2. The third-order valence-electron chi connectivity index (χ3n) is 2.11. The molecule has 0 amide bonds. The fourth-order valence-corrected chi connectivity index (χ4v) is 1.40. The van der Waals surface area contributed by atoms with E-state index in [0.717, 1.165) is 6.07 Å². The molecule has 78 valence electrons. The lowest BCUT2D eigenvalue weighted by Gasteiger charge is -2.06. The van der Waals surface area contributed by atoms with Crippen LogP contribution >= 0.6 is 0 Å². The summed E-state index contributed by atoms with van der Waals surface area (Å²) in [6.45, 7) is 0. The number of halogens is 3. The molecular weight excluding hydrogens is 209 g/mol. The van der Waals surface area contributed by atoms with E-state index >= 15 is 0 Å². The monoisotopic (exact) mass is 214 g/mol. The molecular formula is C10H5F3O2. The molecule has 2 nitrogen and oxygen atoms in total. The predicted molar refractivity (Wildman–Crippen MR) is 47.2 cm³/mol. The van der Waals surface area contributed by atoms with Crippen LogP contribution in [0.1, 0.15) is 0 Å². The van der Waals surface area contributed by atoms with E-state index in [4.69, 9.17) is 0 Å². The van der Waals surface area contributed by atoms with E-state index in [2.05, 4.69) is 0 Å². The number of phenols is 2. The number of hydrogen-bond donors (Lipinski definition) is 2. The van der Waals surface area contributed by atoms with Crippen LogP contribution in [0.15, 0.2) is 18.2 Å². The van der Waals surface area contributed by atoms with E-state index in [0.29, 0.717) is 0 Å². The van der Waals surface area contributed by atoms with Gasteiger partial charge in [0.05, 0.1) is 5.39 Å². The van der Waals surface area contributed by atoms with Crippen molar-refractivity contribution in [2.24, 2.45) is 0 Å². The van der Waals surface area contributed by atoms with Gasteiger partial charge in [-0.05, 0) is 6.07 Å². The van der Waals surface area contributed by atoms with E-state index in [1.807, 2.05) is 0 Å². The second-order valence-corrected chi connectivity index (χ2v) is 2.99. The van der Waals surface area contributed by atoms with Crippen molar-refractivity contribution in [1.29, 1.82) is 0 Å². The van der Waals surface area contributed by atoms with Crippen molar-refractivity contribution < 1.29 is 23.4 Å². The van der Waals surface area contributed by atoms with Crippen molar-refractivity contribution in [3.8, 4) is 11.5 Å². The largest absolute Gasteiger partial charge is 0.507 e. The first-order chi connectivity index (χ1) is 7.04. The summed E-state index contributed by atoms with van der Waals surface area (Å²) in [6.07, 6.45) is 0. The van der Waals surface area contributed by atoms with Crippen LogP contribution in [0.4, 0.5) is 13.2 Å². The molecule has 0 aliphatic carbocycles. The van der Waals surface area contributed by atoms with Crippen LogP contribution in [0.5, 0.6) is 11.5 Å². The number of aromatic hydroxyl groups is 2. The Morgan fingerprint density at radius 2 is 1.53 bits per heavy atom. The normalized spacial score (nSPS) is 10.9. The number of phenolic OH excluding ortho intramolecular Hbond substituents is 2. The van der Waals surface area contributed by atoms with Crippen LogP contribution in [0.25, 0.3) is 10.8 Å². The molecule has 0 heterocycles. The summed E-state index contributed by atoms with van der Waals surface area (Å²) >= 11 is 0. The summed E-state index contributed by atoms with van der Waals surface area (Å²) in [5.41, 5.74) is 0. The van der Waals surface area contributed by atoms with Crippen molar-refractivity contribution in [2.75, 3.05) is 0 Å². The lowest BCUT2D eigenvalue weighted by Crippen LogP contribution is -1.93. The molecule has 0 spiro atoms. The minimum absolute atomic E-state index is 0.272.